The molecule has 8 nitrogen and oxygen atoms in total. The summed E-state index contributed by atoms with van der Waals surface area (Å²) in [6.45, 7) is 4.49. The topological polar surface area (TPSA) is 99.5 Å². The Morgan fingerprint density at radius 3 is 2.56 bits per heavy atom. The third kappa shape index (κ3) is 6.03. The van der Waals surface area contributed by atoms with Gasteiger partial charge >= 0.3 is 0 Å². The fraction of sp³-hybridized carbons (Fsp3) is 0.467. The van der Waals surface area contributed by atoms with Gasteiger partial charge in [0.25, 0.3) is 5.91 Å². The number of nitrogens with one attached hydrogen (secondary N) is 1. The third-order valence-corrected chi connectivity index (χ3v) is 10.1. The van der Waals surface area contributed by atoms with E-state index in [-0.39, 0.29) is 13.0 Å². The highest BCUT2D eigenvalue weighted by Crippen LogP contribution is 2.47. The minimum Gasteiger partial charge on any atom is -0.350 e. The molecule has 2 aliphatic rings. The highest BCUT2D eigenvalue weighted by atomic mass is 32.2. The van der Waals surface area contributed by atoms with Gasteiger partial charge in [-0.3, -0.25) is 9.48 Å². The molecule has 2 aromatic carbocycles. The van der Waals surface area contributed by atoms with Gasteiger partial charge in [-0.05, 0) is 80.3 Å². The van der Waals surface area contributed by atoms with Gasteiger partial charge in [0, 0.05) is 42.3 Å². The Labute approximate surface area is 229 Å². The lowest BCUT2D eigenvalue weighted by Gasteiger charge is -2.28. The van der Waals surface area contributed by atoms with Crippen LogP contribution in [0.4, 0.5) is 0 Å². The molecule has 2 unspecified atom stereocenters. The first-order valence-electron chi connectivity index (χ1n) is 13.4. The molecule has 206 valence electrons. The largest absolute Gasteiger partial charge is 0.350 e. The Kier molecular flexibility index (Phi) is 7.55. The van der Waals surface area contributed by atoms with Crippen LogP contribution in [0.25, 0.3) is 10.9 Å². The molecular formula is C30H35N3O5S. The molecule has 1 aromatic heterocycles. The van der Waals surface area contributed by atoms with Crippen molar-refractivity contribution in [2.75, 3.05) is 12.9 Å². The van der Waals surface area contributed by atoms with Gasteiger partial charge in [-0.15, -0.1) is 0 Å². The second-order valence-corrected chi connectivity index (χ2v) is 13.6. The number of carbonyl (C=O) groups excluding carboxylic acids is 1. The van der Waals surface area contributed by atoms with Crippen molar-refractivity contribution >= 4 is 26.6 Å². The van der Waals surface area contributed by atoms with E-state index in [0.29, 0.717) is 18.4 Å². The summed E-state index contributed by atoms with van der Waals surface area (Å²) >= 11 is 0. The molecule has 1 saturated carbocycles. The van der Waals surface area contributed by atoms with Crippen LogP contribution >= 0.6 is 0 Å². The number of nitrogens with zero attached hydrogens (tertiary/aromatic N) is 2. The van der Waals surface area contributed by atoms with Gasteiger partial charge < -0.3 is 4.74 Å². The second kappa shape index (κ2) is 10.8. The molecule has 5 rings (SSSR count). The SMILES string of the molecule is CC1(c2ccc(C#Cc3ccc4c(cnn4CCC(C)(C(=O)NOC4CCCCO4)S(C)(=O)=O)c3)cc2)CC1. The quantitative estimate of drug-likeness (QED) is 0.333. The van der Waals surface area contributed by atoms with E-state index in [9.17, 15) is 13.2 Å². The monoisotopic (exact) mass is 549 g/mol. The average Bonchev–Trinajstić information content (AvgIpc) is 3.56. The van der Waals surface area contributed by atoms with Crippen molar-refractivity contribution in [2.45, 2.75) is 75.4 Å². The van der Waals surface area contributed by atoms with Crippen molar-refractivity contribution in [3.63, 3.8) is 0 Å². The first-order valence-corrected chi connectivity index (χ1v) is 15.3. The lowest BCUT2D eigenvalue weighted by Crippen LogP contribution is -2.51. The van der Waals surface area contributed by atoms with Gasteiger partial charge in [-0.2, -0.15) is 5.10 Å². The molecule has 1 N–H and O–H groups in total. The lowest BCUT2D eigenvalue weighted by atomic mass is 9.97. The van der Waals surface area contributed by atoms with Gasteiger partial charge in [0.2, 0.25) is 0 Å². The van der Waals surface area contributed by atoms with Crippen LogP contribution < -0.4 is 5.48 Å². The van der Waals surface area contributed by atoms with Gasteiger partial charge in [-0.1, -0.05) is 30.9 Å². The predicted octanol–water partition coefficient (Wildman–Crippen LogP) is 4.26. The maximum absolute atomic E-state index is 13.0. The number of benzene rings is 2. The van der Waals surface area contributed by atoms with Crippen LogP contribution in [0.2, 0.25) is 0 Å². The summed E-state index contributed by atoms with van der Waals surface area (Å²) in [7, 11) is -3.76. The molecule has 2 atom stereocenters. The zero-order valence-electron chi connectivity index (χ0n) is 22.7. The molecule has 0 spiro atoms. The van der Waals surface area contributed by atoms with E-state index in [4.69, 9.17) is 9.57 Å². The van der Waals surface area contributed by atoms with Crippen LogP contribution in [0, 0.1) is 11.8 Å². The molecule has 1 saturated heterocycles. The molecule has 2 fully saturated rings. The van der Waals surface area contributed by atoms with Gasteiger partial charge in [-0.25, -0.2) is 18.7 Å². The van der Waals surface area contributed by atoms with Crippen molar-refractivity contribution in [1.82, 2.24) is 15.3 Å². The summed E-state index contributed by atoms with van der Waals surface area (Å²) < 4.78 is 30.8. The van der Waals surface area contributed by atoms with Crippen LogP contribution in [0.15, 0.2) is 48.7 Å². The van der Waals surface area contributed by atoms with Crippen LogP contribution in [0.5, 0.6) is 0 Å². The number of amides is 1. The Bertz CT molecular complexity index is 1520. The Morgan fingerprint density at radius 1 is 1.18 bits per heavy atom. The number of fused-ring (bicyclic) bond motifs is 1. The van der Waals surface area contributed by atoms with E-state index in [0.717, 1.165) is 41.1 Å². The number of hydrogen-bond donors (Lipinski definition) is 1. The van der Waals surface area contributed by atoms with Crippen LogP contribution in [0.1, 0.15) is 69.1 Å². The third-order valence-electron chi connectivity index (χ3n) is 8.10. The summed E-state index contributed by atoms with van der Waals surface area (Å²) in [5, 5.41) is 5.34. The van der Waals surface area contributed by atoms with Crippen LogP contribution in [-0.2, 0) is 36.2 Å². The summed E-state index contributed by atoms with van der Waals surface area (Å²) in [4.78, 5) is 18.3. The highest BCUT2D eigenvalue weighted by molar-refractivity contribution is 7.92. The second-order valence-electron chi connectivity index (χ2n) is 11.1. The normalized spacial score (nSPS) is 20.0. The maximum Gasteiger partial charge on any atom is 0.264 e. The summed E-state index contributed by atoms with van der Waals surface area (Å²) in [6, 6.07) is 14.3. The molecule has 39 heavy (non-hydrogen) atoms. The predicted molar refractivity (Wildman–Crippen MR) is 149 cm³/mol. The van der Waals surface area contributed by atoms with E-state index in [1.54, 1.807) is 10.9 Å². The molecule has 2 heterocycles. The minimum absolute atomic E-state index is 0.0277. The number of ether oxygens (including phenoxy) is 1. The standard InChI is InChI=1S/C30H35N3O5S/c1-29(15-16-29)25-12-9-22(10-13-25)7-8-23-11-14-26-24(20-23)21-31-33(26)18-17-30(2,39(3,35)36)28(34)32-38-27-6-4-5-19-37-27/h9-14,20-21,27H,4-6,15-19H2,1-3H3,(H,32,34). The molecular weight excluding hydrogens is 514 g/mol. The van der Waals surface area contributed by atoms with E-state index < -0.39 is 26.8 Å². The van der Waals surface area contributed by atoms with E-state index in [1.807, 2.05) is 18.2 Å². The number of hydroxylamine groups is 1. The van der Waals surface area contributed by atoms with Crippen molar-refractivity contribution < 1.29 is 22.8 Å². The van der Waals surface area contributed by atoms with E-state index in [1.165, 1.54) is 25.3 Å². The molecule has 0 bridgehead atoms. The minimum atomic E-state index is -3.76. The summed E-state index contributed by atoms with van der Waals surface area (Å²) in [5.74, 6) is 5.74. The van der Waals surface area contributed by atoms with Crippen molar-refractivity contribution in [1.29, 1.82) is 0 Å². The molecule has 1 aliphatic heterocycles. The molecule has 0 radical (unpaired) electrons. The zero-order valence-corrected chi connectivity index (χ0v) is 23.5. The van der Waals surface area contributed by atoms with E-state index >= 15 is 0 Å². The number of carbonyl (C=O) groups is 1. The molecule has 1 amide bonds. The fourth-order valence-electron chi connectivity index (χ4n) is 4.74. The number of sulfone groups is 1. The zero-order chi connectivity index (χ0) is 27.7. The van der Waals surface area contributed by atoms with Crippen molar-refractivity contribution in [2.24, 2.45) is 0 Å². The Balaban J connectivity index is 1.26. The molecule has 3 aromatic rings. The summed E-state index contributed by atoms with van der Waals surface area (Å²) in [5.41, 5.74) is 6.71. The number of hydrogen-bond acceptors (Lipinski definition) is 6. The van der Waals surface area contributed by atoms with Crippen LogP contribution in [0.3, 0.4) is 0 Å². The lowest BCUT2D eigenvalue weighted by molar-refractivity contribution is -0.201. The van der Waals surface area contributed by atoms with Crippen molar-refractivity contribution in [3.05, 3.63) is 65.4 Å². The smallest absolute Gasteiger partial charge is 0.264 e. The molecule has 9 heteroatoms. The number of aryl methyl sites for hydroxylation is 1. The van der Waals surface area contributed by atoms with E-state index in [2.05, 4.69) is 53.6 Å². The van der Waals surface area contributed by atoms with Crippen LogP contribution in [-0.4, -0.2) is 48.0 Å². The number of aromatic nitrogens is 2. The van der Waals surface area contributed by atoms with Crippen molar-refractivity contribution in [3.8, 4) is 11.8 Å². The highest BCUT2D eigenvalue weighted by Gasteiger charge is 2.44. The first-order chi connectivity index (χ1) is 18.6. The number of rotatable bonds is 8. The average molecular weight is 550 g/mol. The van der Waals surface area contributed by atoms with Gasteiger partial charge in [0.05, 0.1) is 11.7 Å². The maximum atomic E-state index is 13.0. The van der Waals surface area contributed by atoms with Gasteiger partial charge in [0.1, 0.15) is 0 Å². The molecule has 1 aliphatic carbocycles. The first kappa shape index (κ1) is 27.4. The summed E-state index contributed by atoms with van der Waals surface area (Å²) in [6.07, 6.45) is 7.26. The Hall–Kier alpha value is -3.19. The van der Waals surface area contributed by atoms with Gasteiger partial charge in [0.15, 0.2) is 20.9 Å². The fourth-order valence-corrected chi connectivity index (χ4v) is 5.58. The Morgan fingerprint density at radius 2 is 1.90 bits per heavy atom.